The van der Waals surface area contributed by atoms with Crippen molar-refractivity contribution in [3.05, 3.63) is 35.4 Å². The second kappa shape index (κ2) is 3.84. The largest absolute Gasteiger partial charge is 0.310 e. The van der Waals surface area contributed by atoms with Crippen molar-refractivity contribution in [2.24, 2.45) is 16.7 Å². The van der Waals surface area contributed by atoms with Crippen LogP contribution in [0.25, 0.3) is 0 Å². The summed E-state index contributed by atoms with van der Waals surface area (Å²) >= 11 is 0. The molecule has 0 aliphatic heterocycles. The van der Waals surface area contributed by atoms with Crippen LogP contribution in [0.3, 0.4) is 0 Å². The van der Waals surface area contributed by atoms with Crippen LogP contribution >= 0.6 is 0 Å². The number of rotatable bonds is 3. The van der Waals surface area contributed by atoms with E-state index in [-0.39, 0.29) is 0 Å². The minimum absolute atomic E-state index is 0.498. The van der Waals surface area contributed by atoms with Gasteiger partial charge in [0.1, 0.15) is 0 Å². The van der Waals surface area contributed by atoms with Crippen molar-refractivity contribution in [3.63, 3.8) is 0 Å². The number of fused-ring (bicyclic) bond motifs is 1. The van der Waals surface area contributed by atoms with E-state index in [1.807, 2.05) is 0 Å². The Kier molecular flexibility index (Phi) is 2.60. The summed E-state index contributed by atoms with van der Waals surface area (Å²) in [6, 6.07) is 9.50. The molecule has 0 bridgehead atoms. The molecular formula is C17H25N. The van der Waals surface area contributed by atoms with Gasteiger partial charge in [-0.05, 0) is 47.3 Å². The van der Waals surface area contributed by atoms with Gasteiger partial charge in [-0.25, -0.2) is 0 Å². The van der Waals surface area contributed by atoms with E-state index in [4.69, 9.17) is 0 Å². The maximum Gasteiger partial charge on any atom is 0.0326 e. The summed E-state index contributed by atoms with van der Waals surface area (Å²) in [5.74, 6) is 0.817. The Bertz CT molecular complexity index is 444. The highest BCUT2D eigenvalue weighted by molar-refractivity contribution is 5.34. The molecule has 1 N–H and O–H groups in total. The summed E-state index contributed by atoms with van der Waals surface area (Å²) in [6.07, 6.45) is 2.51. The van der Waals surface area contributed by atoms with Crippen molar-refractivity contribution in [1.82, 2.24) is 5.32 Å². The molecule has 0 saturated heterocycles. The maximum atomic E-state index is 3.81. The second-order valence-electron chi connectivity index (χ2n) is 7.19. The predicted octanol–water partition coefficient (Wildman–Crippen LogP) is 3.95. The highest BCUT2D eigenvalue weighted by Crippen LogP contribution is 2.68. The standard InChI is InChI=1S/C17H25N/c1-16(2)15(17(16,3)4)11-18-14-10-9-12-7-5-6-8-13(12)14/h5-8,14-15,18H,9-11H2,1-4H3. The van der Waals surface area contributed by atoms with E-state index in [1.54, 1.807) is 5.56 Å². The van der Waals surface area contributed by atoms with Crippen molar-refractivity contribution < 1.29 is 0 Å². The molecule has 0 heterocycles. The first-order chi connectivity index (χ1) is 8.44. The van der Waals surface area contributed by atoms with Crippen LogP contribution in [0, 0.1) is 16.7 Å². The van der Waals surface area contributed by atoms with Crippen LogP contribution in [0.2, 0.25) is 0 Å². The molecule has 98 valence electrons. The van der Waals surface area contributed by atoms with Crippen LogP contribution in [0.15, 0.2) is 24.3 Å². The van der Waals surface area contributed by atoms with Gasteiger partial charge in [-0.2, -0.15) is 0 Å². The van der Waals surface area contributed by atoms with E-state index in [0.717, 1.165) is 5.92 Å². The molecule has 0 spiro atoms. The normalized spacial score (nSPS) is 28.1. The Hall–Kier alpha value is -0.820. The first kappa shape index (κ1) is 12.2. The molecule has 18 heavy (non-hydrogen) atoms. The van der Waals surface area contributed by atoms with E-state index in [1.165, 1.54) is 24.9 Å². The van der Waals surface area contributed by atoms with Gasteiger partial charge < -0.3 is 5.32 Å². The van der Waals surface area contributed by atoms with Crippen molar-refractivity contribution >= 4 is 0 Å². The Morgan fingerprint density at radius 1 is 1.11 bits per heavy atom. The molecule has 1 unspecified atom stereocenters. The monoisotopic (exact) mass is 243 g/mol. The van der Waals surface area contributed by atoms with Gasteiger partial charge in [-0.1, -0.05) is 52.0 Å². The molecule has 1 atom stereocenters. The molecule has 1 aromatic rings. The van der Waals surface area contributed by atoms with Gasteiger partial charge in [0, 0.05) is 6.04 Å². The molecular weight excluding hydrogens is 218 g/mol. The van der Waals surface area contributed by atoms with Gasteiger partial charge in [0.15, 0.2) is 0 Å². The van der Waals surface area contributed by atoms with Crippen LogP contribution in [-0.2, 0) is 6.42 Å². The fourth-order valence-electron chi connectivity index (χ4n) is 3.87. The lowest BCUT2D eigenvalue weighted by atomic mass is 10.0. The zero-order valence-corrected chi connectivity index (χ0v) is 12.1. The number of benzene rings is 1. The highest BCUT2D eigenvalue weighted by atomic mass is 15.0. The topological polar surface area (TPSA) is 12.0 Å². The molecule has 3 rings (SSSR count). The Labute approximate surface area is 111 Å². The Morgan fingerprint density at radius 2 is 1.78 bits per heavy atom. The second-order valence-corrected chi connectivity index (χ2v) is 7.19. The van der Waals surface area contributed by atoms with Gasteiger partial charge in [-0.15, -0.1) is 0 Å². The number of hydrogen-bond acceptors (Lipinski definition) is 1. The van der Waals surface area contributed by atoms with E-state index in [9.17, 15) is 0 Å². The molecule has 2 aliphatic rings. The van der Waals surface area contributed by atoms with Gasteiger partial charge >= 0.3 is 0 Å². The molecule has 0 radical (unpaired) electrons. The minimum Gasteiger partial charge on any atom is -0.310 e. The Morgan fingerprint density at radius 3 is 2.44 bits per heavy atom. The third kappa shape index (κ3) is 1.64. The number of nitrogens with one attached hydrogen (secondary N) is 1. The van der Waals surface area contributed by atoms with Gasteiger partial charge in [0.2, 0.25) is 0 Å². The zero-order valence-electron chi connectivity index (χ0n) is 12.1. The average Bonchev–Trinajstić information content (AvgIpc) is 2.67. The molecule has 1 aromatic carbocycles. The lowest BCUT2D eigenvalue weighted by Gasteiger charge is -2.14. The van der Waals surface area contributed by atoms with Crippen LogP contribution in [-0.4, -0.2) is 6.54 Å². The first-order valence-electron chi connectivity index (χ1n) is 7.26. The smallest absolute Gasteiger partial charge is 0.0326 e. The lowest BCUT2D eigenvalue weighted by Crippen LogP contribution is -2.23. The summed E-state index contributed by atoms with van der Waals surface area (Å²) in [5.41, 5.74) is 4.08. The third-order valence-electron chi connectivity index (χ3n) is 6.02. The van der Waals surface area contributed by atoms with Crippen molar-refractivity contribution in [2.45, 2.75) is 46.6 Å². The summed E-state index contributed by atoms with van der Waals surface area (Å²) in [4.78, 5) is 0. The van der Waals surface area contributed by atoms with E-state index >= 15 is 0 Å². The number of hydrogen-bond donors (Lipinski definition) is 1. The van der Waals surface area contributed by atoms with Gasteiger partial charge in [-0.3, -0.25) is 0 Å². The van der Waals surface area contributed by atoms with E-state index < -0.39 is 0 Å². The molecule has 1 saturated carbocycles. The summed E-state index contributed by atoms with van der Waals surface area (Å²) in [5, 5.41) is 3.81. The van der Waals surface area contributed by atoms with Gasteiger partial charge in [0.05, 0.1) is 0 Å². The summed E-state index contributed by atoms with van der Waals surface area (Å²) in [7, 11) is 0. The van der Waals surface area contributed by atoms with Crippen molar-refractivity contribution in [2.75, 3.05) is 6.54 Å². The molecule has 0 aromatic heterocycles. The summed E-state index contributed by atoms with van der Waals surface area (Å²) < 4.78 is 0. The average molecular weight is 243 g/mol. The fourth-order valence-corrected chi connectivity index (χ4v) is 3.87. The lowest BCUT2D eigenvalue weighted by molar-refractivity contribution is 0.457. The highest BCUT2D eigenvalue weighted by Gasteiger charge is 2.63. The van der Waals surface area contributed by atoms with Crippen molar-refractivity contribution in [1.29, 1.82) is 0 Å². The third-order valence-corrected chi connectivity index (χ3v) is 6.02. The first-order valence-corrected chi connectivity index (χ1v) is 7.26. The summed E-state index contributed by atoms with van der Waals surface area (Å²) in [6.45, 7) is 10.8. The molecule has 1 heteroatoms. The van der Waals surface area contributed by atoms with Crippen molar-refractivity contribution in [3.8, 4) is 0 Å². The van der Waals surface area contributed by atoms with Crippen LogP contribution < -0.4 is 5.32 Å². The molecule has 1 fully saturated rings. The van der Waals surface area contributed by atoms with Crippen LogP contribution in [0.5, 0.6) is 0 Å². The SMILES string of the molecule is CC1(C)C(CNC2CCc3ccccc32)C1(C)C. The maximum absolute atomic E-state index is 3.81. The molecule has 1 nitrogen and oxygen atoms in total. The predicted molar refractivity (Wildman–Crippen MR) is 76.6 cm³/mol. The molecule has 2 aliphatic carbocycles. The fraction of sp³-hybridized carbons (Fsp3) is 0.647. The van der Waals surface area contributed by atoms with Gasteiger partial charge in [0.25, 0.3) is 0 Å². The Balaban J connectivity index is 1.64. The van der Waals surface area contributed by atoms with Crippen LogP contribution in [0.1, 0.15) is 51.3 Å². The minimum atomic E-state index is 0.498. The van der Waals surface area contributed by atoms with E-state index in [2.05, 4.69) is 57.3 Å². The van der Waals surface area contributed by atoms with E-state index in [0.29, 0.717) is 16.9 Å². The zero-order chi connectivity index (χ0) is 13.0. The molecule has 0 amide bonds. The van der Waals surface area contributed by atoms with Crippen LogP contribution in [0.4, 0.5) is 0 Å². The quantitative estimate of drug-likeness (QED) is 0.847. The number of aryl methyl sites for hydroxylation is 1.